The highest BCUT2D eigenvalue weighted by Crippen LogP contribution is 2.24. The molecule has 0 rings (SSSR count). The van der Waals surface area contributed by atoms with Gasteiger partial charge in [-0.25, -0.2) is 0 Å². The quantitative estimate of drug-likeness (QED) is 0.753. The summed E-state index contributed by atoms with van der Waals surface area (Å²) in [6.45, 7) is 7.40. The van der Waals surface area contributed by atoms with E-state index >= 15 is 0 Å². The topological polar surface area (TPSA) is 21.3 Å². The second kappa shape index (κ2) is 6.33. The predicted octanol–water partition coefficient (Wildman–Crippen LogP) is 2.73. The van der Waals surface area contributed by atoms with Gasteiger partial charge < -0.3 is 10.1 Å². The van der Waals surface area contributed by atoms with Crippen LogP contribution in [0.4, 0.5) is 13.2 Å². The molecule has 0 aliphatic heterocycles. The lowest BCUT2D eigenvalue weighted by atomic mass is 10.1. The van der Waals surface area contributed by atoms with Crippen molar-refractivity contribution >= 4 is 0 Å². The Bertz CT molecular complexity index is 173. The Hall–Kier alpha value is -0.290. The first-order valence-electron chi connectivity index (χ1n) is 5.22. The smallest absolute Gasteiger partial charge is 0.366 e. The van der Waals surface area contributed by atoms with Gasteiger partial charge in [-0.1, -0.05) is 6.92 Å². The Labute approximate surface area is 89.2 Å². The van der Waals surface area contributed by atoms with E-state index in [9.17, 15) is 13.2 Å². The summed E-state index contributed by atoms with van der Waals surface area (Å²) in [4.78, 5) is 0. The highest BCUT2D eigenvalue weighted by molar-refractivity contribution is 4.68. The van der Waals surface area contributed by atoms with Crippen molar-refractivity contribution in [2.24, 2.45) is 0 Å². The summed E-state index contributed by atoms with van der Waals surface area (Å²) in [6.07, 6.45) is -5.78. The third kappa shape index (κ3) is 6.73. The molecular formula is C10H20F3NO. The van der Waals surface area contributed by atoms with Crippen molar-refractivity contribution in [2.75, 3.05) is 6.54 Å². The Balaban J connectivity index is 3.88. The van der Waals surface area contributed by atoms with Gasteiger partial charge in [-0.2, -0.15) is 13.2 Å². The maximum atomic E-state index is 12.2. The lowest BCUT2D eigenvalue weighted by molar-refractivity contribution is -0.225. The first kappa shape index (κ1) is 14.7. The molecule has 0 aromatic rings. The van der Waals surface area contributed by atoms with Crippen LogP contribution in [0.15, 0.2) is 0 Å². The molecule has 0 fully saturated rings. The minimum atomic E-state index is -4.27. The molecule has 15 heavy (non-hydrogen) atoms. The normalized spacial score (nSPS) is 18.6. The second-order valence-electron chi connectivity index (χ2n) is 3.82. The summed E-state index contributed by atoms with van der Waals surface area (Å²) in [5.41, 5.74) is 0. The lowest BCUT2D eigenvalue weighted by Gasteiger charge is -2.23. The van der Waals surface area contributed by atoms with Crippen LogP contribution in [0.25, 0.3) is 0 Å². The second-order valence-corrected chi connectivity index (χ2v) is 3.82. The SMILES string of the molecule is CCNC(C)CC(C)OC(C)C(F)(F)F. The molecule has 0 spiro atoms. The van der Waals surface area contributed by atoms with Gasteiger partial charge in [0.05, 0.1) is 6.10 Å². The summed E-state index contributed by atoms with van der Waals surface area (Å²) in [6, 6.07) is 0.172. The minimum Gasteiger partial charge on any atom is -0.366 e. The fraction of sp³-hybridized carbons (Fsp3) is 1.00. The van der Waals surface area contributed by atoms with Crippen LogP contribution in [0.1, 0.15) is 34.1 Å². The highest BCUT2D eigenvalue weighted by atomic mass is 19.4. The van der Waals surface area contributed by atoms with Crippen LogP contribution in [0.5, 0.6) is 0 Å². The largest absolute Gasteiger partial charge is 0.414 e. The van der Waals surface area contributed by atoms with Gasteiger partial charge in [0.1, 0.15) is 0 Å². The van der Waals surface area contributed by atoms with Crippen LogP contribution in [-0.4, -0.2) is 31.0 Å². The van der Waals surface area contributed by atoms with E-state index in [2.05, 4.69) is 5.32 Å². The Kier molecular flexibility index (Phi) is 6.20. The summed E-state index contributed by atoms with van der Waals surface area (Å²) in [7, 11) is 0. The van der Waals surface area contributed by atoms with Crippen molar-refractivity contribution in [3.05, 3.63) is 0 Å². The molecule has 0 aliphatic carbocycles. The first-order valence-corrected chi connectivity index (χ1v) is 5.22. The van der Waals surface area contributed by atoms with Gasteiger partial charge >= 0.3 is 6.18 Å². The molecule has 0 bridgehead atoms. The van der Waals surface area contributed by atoms with E-state index in [1.54, 1.807) is 6.92 Å². The van der Waals surface area contributed by atoms with E-state index in [0.29, 0.717) is 6.42 Å². The molecule has 0 aromatic carbocycles. The summed E-state index contributed by atoms with van der Waals surface area (Å²) < 4.78 is 41.3. The number of nitrogens with one attached hydrogen (secondary N) is 1. The predicted molar refractivity (Wildman–Crippen MR) is 53.8 cm³/mol. The third-order valence-electron chi connectivity index (χ3n) is 2.14. The molecule has 0 saturated heterocycles. The molecule has 3 atom stereocenters. The van der Waals surface area contributed by atoms with E-state index in [4.69, 9.17) is 4.74 Å². The molecule has 2 nitrogen and oxygen atoms in total. The Morgan fingerprint density at radius 1 is 1.20 bits per heavy atom. The molecule has 0 radical (unpaired) electrons. The van der Waals surface area contributed by atoms with Crippen LogP contribution >= 0.6 is 0 Å². The average molecular weight is 227 g/mol. The third-order valence-corrected chi connectivity index (χ3v) is 2.14. The Morgan fingerprint density at radius 2 is 1.73 bits per heavy atom. The molecule has 0 aromatic heterocycles. The molecule has 5 heteroatoms. The first-order chi connectivity index (χ1) is 6.77. The molecule has 3 unspecified atom stereocenters. The van der Waals surface area contributed by atoms with Gasteiger partial charge in [-0.3, -0.25) is 0 Å². The van der Waals surface area contributed by atoms with Gasteiger partial charge in [0.15, 0.2) is 6.10 Å². The standard InChI is InChI=1S/C10H20F3NO/c1-5-14-7(2)6-8(3)15-9(4)10(11,12)13/h7-9,14H,5-6H2,1-4H3. The fourth-order valence-corrected chi connectivity index (χ4v) is 1.41. The number of halogens is 3. The van der Waals surface area contributed by atoms with Gasteiger partial charge in [0, 0.05) is 6.04 Å². The fourth-order valence-electron chi connectivity index (χ4n) is 1.41. The molecule has 0 heterocycles. The summed E-state index contributed by atoms with van der Waals surface area (Å²) in [5.74, 6) is 0. The van der Waals surface area contributed by atoms with Crippen molar-refractivity contribution < 1.29 is 17.9 Å². The summed E-state index contributed by atoms with van der Waals surface area (Å²) in [5, 5.41) is 3.13. The summed E-state index contributed by atoms with van der Waals surface area (Å²) >= 11 is 0. The number of alkyl halides is 3. The van der Waals surface area contributed by atoms with E-state index in [1.807, 2.05) is 13.8 Å². The molecule has 0 aliphatic rings. The maximum absolute atomic E-state index is 12.2. The van der Waals surface area contributed by atoms with Crippen molar-refractivity contribution in [3.8, 4) is 0 Å². The van der Waals surface area contributed by atoms with E-state index in [-0.39, 0.29) is 6.04 Å². The van der Waals surface area contributed by atoms with E-state index in [0.717, 1.165) is 13.5 Å². The minimum absolute atomic E-state index is 0.172. The van der Waals surface area contributed by atoms with Crippen molar-refractivity contribution in [2.45, 2.75) is 58.5 Å². The lowest BCUT2D eigenvalue weighted by Crippen LogP contribution is -2.35. The van der Waals surface area contributed by atoms with Gasteiger partial charge in [-0.15, -0.1) is 0 Å². The van der Waals surface area contributed by atoms with Crippen LogP contribution in [0.2, 0.25) is 0 Å². The van der Waals surface area contributed by atoms with Gasteiger partial charge in [0.2, 0.25) is 0 Å². The van der Waals surface area contributed by atoms with Gasteiger partial charge in [0.25, 0.3) is 0 Å². The van der Waals surface area contributed by atoms with Crippen LogP contribution in [0.3, 0.4) is 0 Å². The van der Waals surface area contributed by atoms with Crippen LogP contribution in [0, 0.1) is 0 Å². The van der Waals surface area contributed by atoms with Gasteiger partial charge in [-0.05, 0) is 33.7 Å². The number of ether oxygens (including phenoxy) is 1. The Morgan fingerprint density at radius 3 is 2.13 bits per heavy atom. The van der Waals surface area contributed by atoms with Crippen molar-refractivity contribution in [3.63, 3.8) is 0 Å². The number of hydrogen-bond acceptors (Lipinski definition) is 2. The van der Waals surface area contributed by atoms with Crippen molar-refractivity contribution in [1.29, 1.82) is 0 Å². The molecule has 1 N–H and O–H groups in total. The molecule has 92 valence electrons. The number of hydrogen-bond donors (Lipinski definition) is 1. The van der Waals surface area contributed by atoms with E-state index < -0.39 is 18.4 Å². The monoisotopic (exact) mass is 227 g/mol. The van der Waals surface area contributed by atoms with Crippen molar-refractivity contribution in [1.82, 2.24) is 5.32 Å². The number of rotatable bonds is 6. The molecular weight excluding hydrogens is 207 g/mol. The average Bonchev–Trinajstić information content (AvgIpc) is 2.01. The van der Waals surface area contributed by atoms with Crippen LogP contribution < -0.4 is 5.32 Å². The van der Waals surface area contributed by atoms with E-state index in [1.165, 1.54) is 0 Å². The zero-order valence-electron chi connectivity index (χ0n) is 9.69. The zero-order valence-corrected chi connectivity index (χ0v) is 9.69. The maximum Gasteiger partial charge on any atom is 0.414 e. The van der Waals surface area contributed by atoms with Crippen LogP contribution in [-0.2, 0) is 4.74 Å². The highest BCUT2D eigenvalue weighted by Gasteiger charge is 2.37. The zero-order chi connectivity index (χ0) is 12.1. The molecule has 0 saturated carbocycles. The molecule has 0 amide bonds.